The molecule has 1 fully saturated rings. The average Bonchev–Trinajstić information content (AvgIpc) is 3.02. The van der Waals surface area contributed by atoms with Crippen LogP contribution in [0.3, 0.4) is 0 Å². The molecule has 1 saturated carbocycles. The van der Waals surface area contributed by atoms with Crippen LogP contribution in [0.1, 0.15) is 29.9 Å². The first-order valence-electron chi connectivity index (χ1n) is 5.20. The van der Waals surface area contributed by atoms with E-state index < -0.39 is 7.12 Å². The molecule has 80 valence electrons. The zero-order valence-electron chi connectivity index (χ0n) is 8.81. The van der Waals surface area contributed by atoms with Crippen LogP contribution < -0.4 is 5.46 Å². The minimum atomic E-state index is -1.41. The van der Waals surface area contributed by atoms with Crippen molar-refractivity contribution in [2.75, 3.05) is 7.11 Å². The first-order valence-corrected chi connectivity index (χ1v) is 5.20. The summed E-state index contributed by atoms with van der Waals surface area (Å²) < 4.78 is 5.01. The Balaban J connectivity index is 2.30. The van der Waals surface area contributed by atoms with Gasteiger partial charge >= 0.3 is 7.12 Å². The first-order chi connectivity index (χ1) is 7.22. The molecule has 1 aliphatic rings. The number of hydrogen-bond acceptors (Lipinski definition) is 3. The smallest absolute Gasteiger partial charge is 0.423 e. The molecule has 0 saturated heterocycles. The molecule has 0 spiro atoms. The molecule has 3 nitrogen and oxygen atoms in total. The van der Waals surface area contributed by atoms with Gasteiger partial charge in [0.25, 0.3) is 0 Å². The van der Waals surface area contributed by atoms with Crippen molar-refractivity contribution in [3.63, 3.8) is 0 Å². The molecule has 0 amide bonds. The molecular weight excluding hydrogens is 191 g/mol. The van der Waals surface area contributed by atoms with E-state index in [1.807, 2.05) is 12.1 Å². The van der Waals surface area contributed by atoms with E-state index in [0.29, 0.717) is 18.0 Å². The number of methoxy groups -OCH3 is 1. The Morgan fingerprint density at radius 2 is 2.13 bits per heavy atom. The Bertz CT molecular complexity index is 348. The summed E-state index contributed by atoms with van der Waals surface area (Å²) in [7, 11) is 0.191. The molecule has 0 bridgehead atoms. The van der Waals surface area contributed by atoms with Crippen LogP contribution in [0.2, 0.25) is 0 Å². The predicted octanol–water partition coefficient (Wildman–Crippen LogP) is 0.390. The molecule has 4 heteroatoms. The fourth-order valence-corrected chi connectivity index (χ4v) is 1.81. The molecule has 0 aliphatic heterocycles. The topological polar surface area (TPSA) is 49.7 Å². The predicted molar refractivity (Wildman–Crippen MR) is 59.0 cm³/mol. The van der Waals surface area contributed by atoms with Crippen LogP contribution in [-0.4, -0.2) is 24.3 Å². The maximum absolute atomic E-state index is 9.26. The molecule has 0 aromatic heterocycles. The third-order valence-corrected chi connectivity index (χ3v) is 2.80. The minimum absolute atomic E-state index is 0.415. The largest absolute Gasteiger partial charge is 0.488 e. The fraction of sp³-hybridized carbons (Fsp3) is 0.455. The van der Waals surface area contributed by atoms with Crippen molar-refractivity contribution in [3.05, 3.63) is 29.3 Å². The van der Waals surface area contributed by atoms with Crippen molar-refractivity contribution in [3.8, 4) is 0 Å². The summed E-state index contributed by atoms with van der Waals surface area (Å²) in [6, 6.07) is 5.86. The summed E-state index contributed by atoms with van der Waals surface area (Å²) in [6.45, 7) is 0.415. The van der Waals surface area contributed by atoms with Crippen molar-refractivity contribution in [1.82, 2.24) is 0 Å². The second kappa shape index (κ2) is 4.35. The van der Waals surface area contributed by atoms with Crippen molar-refractivity contribution >= 4 is 12.6 Å². The van der Waals surface area contributed by atoms with Crippen LogP contribution in [-0.2, 0) is 11.3 Å². The van der Waals surface area contributed by atoms with Gasteiger partial charge in [-0.05, 0) is 35.3 Å². The standard InChI is InChI=1S/C11H15BO3/c1-15-7-10-5-4-9(8-2-3-8)6-11(10)12(13)14/h4-6,8,13-14H,2-3,7H2,1H3. The van der Waals surface area contributed by atoms with Crippen LogP contribution in [0.5, 0.6) is 0 Å². The molecule has 2 rings (SSSR count). The van der Waals surface area contributed by atoms with Gasteiger partial charge in [0.1, 0.15) is 0 Å². The van der Waals surface area contributed by atoms with Gasteiger partial charge in [0.2, 0.25) is 0 Å². The van der Waals surface area contributed by atoms with Crippen molar-refractivity contribution in [2.24, 2.45) is 0 Å². The molecule has 1 aromatic carbocycles. The van der Waals surface area contributed by atoms with E-state index in [1.165, 1.54) is 18.4 Å². The monoisotopic (exact) mass is 206 g/mol. The molecule has 0 radical (unpaired) electrons. The number of hydrogen-bond donors (Lipinski definition) is 2. The van der Waals surface area contributed by atoms with Crippen LogP contribution in [0.4, 0.5) is 0 Å². The van der Waals surface area contributed by atoms with Gasteiger partial charge in [-0.2, -0.15) is 0 Å². The van der Waals surface area contributed by atoms with E-state index in [9.17, 15) is 10.0 Å². The summed E-state index contributed by atoms with van der Waals surface area (Å²) in [5, 5.41) is 18.5. The van der Waals surface area contributed by atoms with Crippen molar-refractivity contribution in [1.29, 1.82) is 0 Å². The van der Waals surface area contributed by atoms with Gasteiger partial charge in [-0.1, -0.05) is 18.2 Å². The molecule has 0 unspecified atom stereocenters. The molecular formula is C11H15BO3. The third-order valence-electron chi connectivity index (χ3n) is 2.80. The lowest BCUT2D eigenvalue weighted by Crippen LogP contribution is -2.33. The van der Waals surface area contributed by atoms with Gasteiger partial charge < -0.3 is 14.8 Å². The zero-order valence-corrected chi connectivity index (χ0v) is 8.81. The van der Waals surface area contributed by atoms with Gasteiger partial charge in [-0.25, -0.2) is 0 Å². The second-order valence-electron chi connectivity index (χ2n) is 4.04. The minimum Gasteiger partial charge on any atom is -0.423 e. The highest BCUT2D eigenvalue weighted by atomic mass is 16.5. The summed E-state index contributed by atoms with van der Waals surface area (Å²) in [5.74, 6) is 0.624. The molecule has 1 aromatic rings. The zero-order chi connectivity index (χ0) is 10.8. The maximum atomic E-state index is 9.26. The SMILES string of the molecule is COCc1ccc(C2CC2)cc1B(O)O. The summed E-state index contributed by atoms with van der Waals surface area (Å²) in [6.07, 6.45) is 2.43. The lowest BCUT2D eigenvalue weighted by molar-refractivity contribution is 0.185. The fourth-order valence-electron chi connectivity index (χ4n) is 1.81. The Labute approximate surface area is 89.8 Å². The Kier molecular flexibility index (Phi) is 3.10. The number of ether oxygens (including phenoxy) is 1. The molecule has 0 heterocycles. The van der Waals surface area contributed by atoms with E-state index in [-0.39, 0.29) is 0 Å². The average molecular weight is 206 g/mol. The maximum Gasteiger partial charge on any atom is 0.488 e. The molecule has 0 atom stereocenters. The van der Waals surface area contributed by atoms with E-state index in [2.05, 4.69) is 6.07 Å². The second-order valence-corrected chi connectivity index (χ2v) is 4.04. The van der Waals surface area contributed by atoms with Gasteiger partial charge in [0.05, 0.1) is 6.61 Å². The number of benzene rings is 1. The highest BCUT2D eigenvalue weighted by Gasteiger charge is 2.25. The highest BCUT2D eigenvalue weighted by Crippen LogP contribution is 2.39. The molecule has 15 heavy (non-hydrogen) atoms. The molecule has 2 N–H and O–H groups in total. The lowest BCUT2D eigenvalue weighted by Gasteiger charge is -2.10. The van der Waals surface area contributed by atoms with Gasteiger partial charge in [0.15, 0.2) is 0 Å². The lowest BCUT2D eigenvalue weighted by atomic mass is 9.76. The van der Waals surface area contributed by atoms with E-state index in [4.69, 9.17) is 4.74 Å². The van der Waals surface area contributed by atoms with Crippen LogP contribution in [0.15, 0.2) is 18.2 Å². The summed E-state index contributed by atoms with van der Waals surface area (Å²) in [5.41, 5.74) is 2.62. The van der Waals surface area contributed by atoms with Crippen LogP contribution in [0.25, 0.3) is 0 Å². The van der Waals surface area contributed by atoms with Gasteiger partial charge in [-0.3, -0.25) is 0 Å². The normalized spacial score (nSPS) is 15.4. The van der Waals surface area contributed by atoms with Crippen LogP contribution >= 0.6 is 0 Å². The Morgan fingerprint density at radius 1 is 1.40 bits per heavy atom. The Morgan fingerprint density at radius 3 is 2.67 bits per heavy atom. The number of rotatable bonds is 4. The van der Waals surface area contributed by atoms with Gasteiger partial charge in [0, 0.05) is 7.11 Å². The van der Waals surface area contributed by atoms with Gasteiger partial charge in [-0.15, -0.1) is 0 Å². The van der Waals surface area contributed by atoms with E-state index in [0.717, 1.165) is 5.56 Å². The highest BCUT2D eigenvalue weighted by molar-refractivity contribution is 6.59. The third kappa shape index (κ3) is 2.40. The van der Waals surface area contributed by atoms with E-state index >= 15 is 0 Å². The van der Waals surface area contributed by atoms with E-state index in [1.54, 1.807) is 7.11 Å². The first kappa shape index (κ1) is 10.7. The van der Waals surface area contributed by atoms with Crippen molar-refractivity contribution < 1.29 is 14.8 Å². The van der Waals surface area contributed by atoms with Crippen molar-refractivity contribution in [2.45, 2.75) is 25.4 Å². The quantitative estimate of drug-likeness (QED) is 0.700. The Hall–Kier alpha value is -0.835. The summed E-state index contributed by atoms with van der Waals surface area (Å²) >= 11 is 0. The summed E-state index contributed by atoms with van der Waals surface area (Å²) in [4.78, 5) is 0. The molecule has 1 aliphatic carbocycles. The van der Waals surface area contributed by atoms with Crippen LogP contribution in [0, 0.1) is 0 Å².